The molecule has 3 aromatic rings. The smallest absolute Gasteiger partial charge is 0.379 e. The predicted molar refractivity (Wildman–Crippen MR) is 216 cm³/mol. The molecule has 54 heavy (non-hydrogen) atoms. The van der Waals surface area contributed by atoms with Crippen molar-refractivity contribution in [2.24, 2.45) is 5.92 Å². The molecule has 1 amide bonds. The molecule has 1 saturated carbocycles. The van der Waals surface area contributed by atoms with Crippen LogP contribution in [0.2, 0.25) is 0 Å². The van der Waals surface area contributed by atoms with Gasteiger partial charge in [0.05, 0.1) is 31.2 Å². The number of aromatic nitrogens is 4. The number of benzene rings is 1. The topological polar surface area (TPSA) is 174 Å². The van der Waals surface area contributed by atoms with Gasteiger partial charge in [-0.25, -0.2) is 9.55 Å². The fourth-order valence-electron chi connectivity index (χ4n) is 6.03. The van der Waals surface area contributed by atoms with Gasteiger partial charge < -0.3 is 25.2 Å². The summed E-state index contributed by atoms with van der Waals surface area (Å²) in [4.78, 5) is 35.6. The maximum Gasteiger partial charge on any atom is 0.379 e. The minimum atomic E-state index is -3.71. The Hall–Kier alpha value is -4.77. The van der Waals surface area contributed by atoms with E-state index >= 15 is 0 Å². The van der Waals surface area contributed by atoms with Gasteiger partial charge in [-0.3, -0.25) is 19.1 Å². The van der Waals surface area contributed by atoms with Crippen LogP contribution in [-0.4, -0.2) is 56.0 Å². The summed E-state index contributed by atoms with van der Waals surface area (Å²) >= 11 is 0. The number of aromatic amines is 1. The molecular formula is C41H55N6O6P. The molecule has 1 fully saturated rings. The summed E-state index contributed by atoms with van der Waals surface area (Å²) in [5, 5.41) is 13.9. The van der Waals surface area contributed by atoms with E-state index in [-0.39, 0.29) is 42.2 Å². The average molecular weight is 759 g/mol. The number of unbranched alkanes of at least 4 members (excludes halogenated alkanes) is 1. The number of nitrogens with zero attached hydrogens (tertiary/aromatic N) is 3. The fourth-order valence-corrected chi connectivity index (χ4v) is 7.68. The van der Waals surface area contributed by atoms with Crippen molar-refractivity contribution in [1.29, 1.82) is 0 Å². The van der Waals surface area contributed by atoms with E-state index in [4.69, 9.17) is 14.8 Å². The van der Waals surface area contributed by atoms with Crippen LogP contribution in [0.4, 0.5) is 5.95 Å². The summed E-state index contributed by atoms with van der Waals surface area (Å²) in [6, 6.07) is 8.32. The second kappa shape index (κ2) is 22.4. The molecule has 0 bridgehead atoms. The summed E-state index contributed by atoms with van der Waals surface area (Å²) in [5.41, 5.74) is 6.33. The second-order valence-electron chi connectivity index (χ2n) is 13.1. The number of para-hydroxylation sites is 1. The van der Waals surface area contributed by atoms with Gasteiger partial charge in [-0.15, -0.1) is 0 Å². The number of nitrogen functional groups attached to an aromatic ring is 1. The van der Waals surface area contributed by atoms with Gasteiger partial charge in [0.1, 0.15) is 5.75 Å². The van der Waals surface area contributed by atoms with E-state index in [0.717, 1.165) is 44.9 Å². The van der Waals surface area contributed by atoms with E-state index < -0.39 is 31.2 Å². The number of allylic oxidation sites excluding steroid dienone is 10. The first-order chi connectivity index (χ1) is 26.2. The van der Waals surface area contributed by atoms with Gasteiger partial charge in [0.25, 0.3) is 5.56 Å². The van der Waals surface area contributed by atoms with Gasteiger partial charge >= 0.3 is 7.60 Å². The van der Waals surface area contributed by atoms with Crippen molar-refractivity contribution in [3.05, 3.63) is 120 Å². The normalized spacial score (nSPS) is 19.0. The van der Waals surface area contributed by atoms with Gasteiger partial charge in [-0.1, -0.05) is 92.5 Å². The van der Waals surface area contributed by atoms with Gasteiger partial charge in [0.15, 0.2) is 11.2 Å². The first-order valence-corrected chi connectivity index (χ1v) is 20.5. The number of aliphatic hydroxyl groups excluding tert-OH is 1. The number of nitrogens with two attached hydrogens (primary N) is 1. The zero-order valence-electron chi connectivity index (χ0n) is 31.2. The number of carbonyl (C=O) groups is 1. The Morgan fingerprint density at radius 2 is 1.69 bits per heavy atom. The number of H-pyrrole nitrogens is 1. The minimum absolute atomic E-state index is 0.0465. The Bertz CT molecular complexity index is 1900. The zero-order chi connectivity index (χ0) is 38.6. The van der Waals surface area contributed by atoms with Crippen LogP contribution in [0, 0.1) is 5.92 Å². The number of aliphatic hydroxyl groups is 1. The van der Waals surface area contributed by atoms with Crippen molar-refractivity contribution in [2.45, 2.75) is 83.3 Å². The van der Waals surface area contributed by atoms with Gasteiger partial charge in [-0.05, 0) is 75.5 Å². The van der Waals surface area contributed by atoms with Gasteiger partial charge in [-0.2, -0.15) is 4.98 Å². The molecule has 12 nitrogen and oxygen atoms in total. The highest BCUT2D eigenvalue weighted by molar-refractivity contribution is 7.54. The lowest BCUT2D eigenvalue weighted by atomic mass is 10.0. The summed E-state index contributed by atoms with van der Waals surface area (Å²) in [6.07, 6.45) is 29.7. The highest BCUT2D eigenvalue weighted by atomic mass is 31.2. The Kier molecular flexibility index (Phi) is 17.4. The first kappa shape index (κ1) is 42.0. The van der Waals surface area contributed by atoms with Crippen molar-refractivity contribution in [3.63, 3.8) is 0 Å². The Labute approximate surface area is 318 Å². The molecule has 0 aliphatic heterocycles. The van der Waals surface area contributed by atoms with Gasteiger partial charge in [0, 0.05) is 18.9 Å². The quantitative estimate of drug-likeness (QED) is 0.0426. The minimum Gasteiger partial charge on any atom is -0.424 e. The number of rotatable bonds is 23. The molecule has 4 rings (SSSR count). The molecule has 4 atom stereocenters. The summed E-state index contributed by atoms with van der Waals surface area (Å²) in [5.74, 6) is -0.289. The van der Waals surface area contributed by atoms with E-state index in [1.54, 1.807) is 28.8 Å². The molecule has 1 aromatic carbocycles. The van der Waals surface area contributed by atoms with Crippen LogP contribution in [0.1, 0.15) is 77.2 Å². The third-order valence-electron chi connectivity index (χ3n) is 8.92. The van der Waals surface area contributed by atoms with Gasteiger partial charge in [0.2, 0.25) is 11.9 Å². The lowest BCUT2D eigenvalue weighted by Crippen LogP contribution is -2.25. The third kappa shape index (κ3) is 13.6. The summed E-state index contributed by atoms with van der Waals surface area (Å²) < 4.78 is 27.6. The molecular weight excluding hydrogens is 703 g/mol. The van der Waals surface area contributed by atoms with Crippen LogP contribution in [0.15, 0.2) is 114 Å². The maximum absolute atomic E-state index is 14.0. The van der Waals surface area contributed by atoms with Crippen molar-refractivity contribution < 1.29 is 23.5 Å². The molecule has 1 aliphatic carbocycles. The Morgan fingerprint density at radius 3 is 2.35 bits per heavy atom. The lowest BCUT2D eigenvalue weighted by Gasteiger charge is -2.23. The molecule has 13 heteroatoms. The van der Waals surface area contributed by atoms with Crippen LogP contribution < -0.4 is 21.1 Å². The Morgan fingerprint density at radius 1 is 1.04 bits per heavy atom. The maximum atomic E-state index is 14.0. The SMILES string of the molecule is C=C1C(n2cnc3c(=O)[nH]c(N)nc32)C[C@H](O)[C@H]1COP(=O)(CCCNC(=O)CCC/C=C\C/C=C\C/C=C\C/C=C\C/C=C\CC)Oc1ccccc1. The van der Waals surface area contributed by atoms with Crippen molar-refractivity contribution >= 4 is 30.6 Å². The molecule has 0 spiro atoms. The summed E-state index contributed by atoms with van der Waals surface area (Å²) in [6.45, 7) is 6.55. The van der Waals surface area contributed by atoms with E-state index in [1.807, 2.05) is 6.07 Å². The number of anilines is 1. The van der Waals surface area contributed by atoms with E-state index in [2.05, 4.69) is 94.5 Å². The largest absolute Gasteiger partial charge is 0.424 e. The van der Waals surface area contributed by atoms with Crippen LogP contribution in [-0.2, 0) is 13.9 Å². The number of hydrogen-bond donors (Lipinski definition) is 4. The number of fused-ring (bicyclic) bond motifs is 1. The Balaban J connectivity index is 1.17. The van der Waals surface area contributed by atoms with E-state index in [1.165, 1.54) is 6.33 Å². The average Bonchev–Trinajstić information content (AvgIpc) is 3.70. The third-order valence-corrected chi connectivity index (χ3v) is 10.8. The predicted octanol–water partition coefficient (Wildman–Crippen LogP) is 7.90. The van der Waals surface area contributed by atoms with Crippen LogP contribution in [0.3, 0.4) is 0 Å². The molecule has 0 saturated heterocycles. The first-order valence-electron chi connectivity index (χ1n) is 18.8. The zero-order valence-corrected chi connectivity index (χ0v) is 32.1. The molecule has 2 heterocycles. The molecule has 2 unspecified atom stereocenters. The number of carbonyl (C=O) groups excluding carboxylic acids is 1. The number of amides is 1. The van der Waals surface area contributed by atoms with Crippen molar-refractivity contribution in [2.75, 3.05) is 25.0 Å². The van der Waals surface area contributed by atoms with Crippen LogP contribution >= 0.6 is 7.60 Å². The lowest BCUT2D eigenvalue weighted by molar-refractivity contribution is -0.121. The fraction of sp³-hybridized carbons (Fsp3) is 0.415. The van der Waals surface area contributed by atoms with Crippen molar-refractivity contribution in [1.82, 2.24) is 24.8 Å². The second-order valence-corrected chi connectivity index (χ2v) is 15.2. The standard InChI is InChI=1S/C41H55N6O6P/c1-3-4-5-6-7-8-9-10-11-12-13-14-15-16-17-18-22-26-37(49)43-27-23-28-54(51,53-33-24-20-19-21-25-33)52-30-34-32(2)35(29-36(34)48)47-31-44-38-39(47)45-41(42)46-40(38)50/h4-5,7-8,10-11,13-14,16-17,19-21,24-25,31,34-36,48H,2-3,6,9,12,15,18,22-23,26-30H2,1H3,(H,43,49)(H3,42,45,46,50)/b5-4-,8-7-,11-10-,14-13-,17-16-/t34-,35?,36-,54?/m0/s1. The molecule has 0 radical (unpaired) electrons. The summed E-state index contributed by atoms with van der Waals surface area (Å²) in [7, 11) is -3.71. The monoisotopic (exact) mass is 758 g/mol. The van der Waals surface area contributed by atoms with Crippen molar-refractivity contribution in [3.8, 4) is 5.75 Å². The van der Waals surface area contributed by atoms with Crippen LogP contribution in [0.5, 0.6) is 5.75 Å². The van der Waals surface area contributed by atoms with E-state index in [0.29, 0.717) is 30.7 Å². The molecule has 5 N–H and O–H groups in total. The molecule has 2 aromatic heterocycles. The molecule has 1 aliphatic rings. The number of hydrogen-bond acceptors (Lipinski definition) is 9. The van der Waals surface area contributed by atoms with E-state index in [9.17, 15) is 19.3 Å². The highest BCUT2D eigenvalue weighted by Crippen LogP contribution is 2.51. The van der Waals surface area contributed by atoms with Crippen LogP contribution in [0.25, 0.3) is 11.2 Å². The highest BCUT2D eigenvalue weighted by Gasteiger charge is 2.40. The number of imidazole rings is 1. The number of nitrogens with one attached hydrogen (secondary N) is 2. The molecule has 290 valence electrons.